The summed E-state index contributed by atoms with van der Waals surface area (Å²) in [7, 11) is 3.37. The molecule has 158 valence electrons. The van der Waals surface area contributed by atoms with Crippen LogP contribution in [0, 0.1) is 0 Å². The van der Waals surface area contributed by atoms with Gasteiger partial charge in [0.1, 0.15) is 17.2 Å². The molecule has 0 radical (unpaired) electrons. The molecule has 0 saturated carbocycles. The summed E-state index contributed by atoms with van der Waals surface area (Å²) in [6.07, 6.45) is 2.76. The maximum absolute atomic E-state index is 10.2. The Morgan fingerprint density at radius 2 is 2.06 bits per heavy atom. The van der Waals surface area contributed by atoms with Gasteiger partial charge in [0.15, 0.2) is 11.5 Å². The molecule has 4 aromatic rings. The molecule has 0 unspecified atom stereocenters. The van der Waals surface area contributed by atoms with E-state index in [0.717, 1.165) is 30.6 Å². The Hall–Kier alpha value is -3.85. The number of para-hydroxylation sites is 1. The number of fused-ring (bicyclic) bond motifs is 2. The number of hydrogen-bond donors (Lipinski definition) is 4. The number of aromatic hydroxyl groups is 1. The molecule has 1 aliphatic heterocycles. The lowest BCUT2D eigenvalue weighted by Crippen LogP contribution is -2.23. The smallest absolute Gasteiger partial charge is 0.229 e. The number of aromatic nitrogens is 4. The van der Waals surface area contributed by atoms with Gasteiger partial charge in [0.25, 0.3) is 0 Å². The highest BCUT2D eigenvalue weighted by atomic mass is 16.5. The summed E-state index contributed by atoms with van der Waals surface area (Å²) < 4.78 is 7.01. The minimum absolute atomic E-state index is 0.0688. The summed E-state index contributed by atoms with van der Waals surface area (Å²) in [5.74, 6) is 1.61. The van der Waals surface area contributed by atoms with E-state index in [-0.39, 0.29) is 5.75 Å². The average molecular weight is 417 g/mol. The SMILES string of the molecule is COc1cccc(O)c1Nc1nn(C)c2nc(Nc3ccc4c(c3)CNCC4)ncc12. The third-order valence-corrected chi connectivity index (χ3v) is 5.40. The van der Waals surface area contributed by atoms with Gasteiger partial charge in [0, 0.05) is 25.5 Å². The van der Waals surface area contributed by atoms with Crippen molar-refractivity contribution in [3.8, 4) is 11.5 Å². The van der Waals surface area contributed by atoms with Gasteiger partial charge >= 0.3 is 0 Å². The van der Waals surface area contributed by atoms with Gasteiger partial charge in [-0.15, -0.1) is 0 Å². The Kier molecular flexibility index (Phi) is 4.79. The van der Waals surface area contributed by atoms with Gasteiger partial charge in [0.05, 0.1) is 12.5 Å². The van der Waals surface area contributed by atoms with Gasteiger partial charge in [0.2, 0.25) is 5.95 Å². The summed E-state index contributed by atoms with van der Waals surface area (Å²) in [4.78, 5) is 9.11. The van der Waals surface area contributed by atoms with E-state index < -0.39 is 0 Å². The fourth-order valence-corrected chi connectivity index (χ4v) is 3.81. The van der Waals surface area contributed by atoms with Crippen LogP contribution in [0.3, 0.4) is 0 Å². The molecule has 9 nitrogen and oxygen atoms in total. The van der Waals surface area contributed by atoms with Crippen molar-refractivity contribution in [1.29, 1.82) is 0 Å². The molecule has 0 aliphatic carbocycles. The standard InChI is InChI=1S/C22H23N7O2/c1-29-21-16(20(28-29)26-19-17(30)4-3-5-18(19)31-2)12-24-22(27-21)25-15-7-6-13-8-9-23-11-14(13)10-15/h3-7,10,12,23,30H,8-9,11H2,1-2H3,(H,26,28)(H,24,25,27). The third-order valence-electron chi connectivity index (χ3n) is 5.40. The van der Waals surface area contributed by atoms with Crippen LogP contribution in [-0.4, -0.2) is 38.5 Å². The van der Waals surface area contributed by atoms with Crippen LogP contribution in [-0.2, 0) is 20.0 Å². The molecule has 1 aliphatic rings. The number of nitrogens with zero attached hydrogens (tertiary/aromatic N) is 4. The number of hydrogen-bond acceptors (Lipinski definition) is 8. The zero-order chi connectivity index (χ0) is 21.4. The number of phenols is 1. The first-order valence-electron chi connectivity index (χ1n) is 10.0. The van der Waals surface area contributed by atoms with Crippen LogP contribution in [0.25, 0.3) is 11.0 Å². The molecule has 3 heterocycles. The maximum atomic E-state index is 10.2. The molecule has 2 aromatic heterocycles. The van der Waals surface area contributed by atoms with E-state index in [4.69, 9.17) is 4.74 Å². The predicted octanol–water partition coefficient (Wildman–Crippen LogP) is 3.21. The van der Waals surface area contributed by atoms with Gasteiger partial charge in [-0.2, -0.15) is 10.1 Å². The summed E-state index contributed by atoms with van der Waals surface area (Å²) >= 11 is 0. The molecule has 9 heteroatoms. The van der Waals surface area contributed by atoms with Crippen LogP contribution >= 0.6 is 0 Å². The van der Waals surface area contributed by atoms with E-state index in [1.54, 1.807) is 36.2 Å². The van der Waals surface area contributed by atoms with Crippen LogP contribution in [0.4, 0.5) is 23.1 Å². The molecule has 2 aromatic carbocycles. The molecule has 5 rings (SSSR count). The van der Waals surface area contributed by atoms with Crippen molar-refractivity contribution in [1.82, 2.24) is 25.1 Å². The second kappa shape index (κ2) is 7.77. The molecule has 0 amide bonds. The third kappa shape index (κ3) is 3.59. The van der Waals surface area contributed by atoms with Crippen LogP contribution < -0.4 is 20.7 Å². The van der Waals surface area contributed by atoms with Crippen molar-refractivity contribution in [2.45, 2.75) is 13.0 Å². The summed E-state index contributed by atoms with van der Waals surface area (Å²) in [5, 5.41) is 25.3. The summed E-state index contributed by atoms with van der Waals surface area (Å²) in [6, 6.07) is 11.4. The number of methoxy groups -OCH3 is 1. The van der Waals surface area contributed by atoms with E-state index in [1.807, 2.05) is 7.05 Å². The first-order chi connectivity index (χ1) is 15.1. The van der Waals surface area contributed by atoms with Crippen molar-refractivity contribution in [2.75, 3.05) is 24.3 Å². The second-order valence-electron chi connectivity index (χ2n) is 7.42. The van der Waals surface area contributed by atoms with E-state index in [2.05, 4.69) is 49.2 Å². The molecule has 0 bridgehead atoms. The maximum Gasteiger partial charge on any atom is 0.229 e. The van der Waals surface area contributed by atoms with Crippen molar-refractivity contribution < 1.29 is 9.84 Å². The lowest BCUT2D eigenvalue weighted by molar-refractivity contribution is 0.411. The number of phenolic OH excluding ortho intramolecular Hbond substituents is 1. The van der Waals surface area contributed by atoms with Crippen molar-refractivity contribution in [3.05, 3.63) is 53.7 Å². The zero-order valence-corrected chi connectivity index (χ0v) is 17.3. The van der Waals surface area contributed by atoms with Crippen LogP contribution in [0.5, 0.6) is 11.5 Å². The predicted molar refractivity (Wildman–Crippen MR) is 119 cm³/mol. The molecule has 31 heavy (non-hydrogen) atoms. The Labute approximate surface area is 179 Å². The number of benzene rings is 2. The minimum Gasteiger partial charge on any atom is -0.506 e. The monoisotopic (exact) mass is 417 g/mol. The van der Waals surface area contributed by atoms with Crippen LogP contribution in [0.15, 0.2) is 42.6 Å². The summed E-state index contributed by atoms with van der Waals surface area (Å²) in [6.45, 7) is 1.89. The molecular formula is C22H23N7O2. The van der Waals surface area contributed by atoms with E-state index in [9.17, 15) is 5.11 Å². The normalized spacial score (nSPS) is 13.1. The van der Waals surface area contributed by atoms with E-state index in [0.29, 0.717) is 28.9 Å². The highest BCUT2D eigenvalue weighted by Crippen LogP contribution is 2.37. The van der Waals surface area contributed by atoms with Crippen molar-refractivity contribution in [2.24, 2.45) is 7.05 Å². The fraction of sp³-hybridized carbons (Fsp3) is 0.227. The Bertz CT molecular complexity index is 1270. The number of nitrogens with one attached hydrogen (secondary N) is 3. The molecular weight excluding hydrogens is 394 g/mol. The number of rotatable bonds is 5. The van der Waals surface area contributed by atoms with E-state index >= 15 is 0 Å². The lowest BCUT2D eigenvalue weighted by Gasteiger charge is -2.18. The number of anilines is 4. The Morgan fingerprint density at radius 3 is 2.94 bits per heavy atom. The Balaban J connectivity index is 1.45. The minimum atomic E-state index is 0.0688. The molecule has 4 N–H and O–H groups in total. The van der Waals surface area contributed by atoms with Crippen LogP contribution in [0.2, 0.25) is 0 Å². The van der Waals surface area contributed by atoms with Gasteiger partial charge in [-0.3, -0.25) is 0 Å². The van der Waals surface area contributed by atoms with Crippen molar-refractivity contribution >= 4 is 34.2 Å². The topological polar surface area (TPSA) is 109 Å². The molecule has 0 fully saturated rings. The highest BCUT2D eigenvalue weighted by molar-refractivity contribution is 5.91. The Morgan fingerprint density at radius 1 is 1.16 bits per heavy atom. The first kappa shape index (κ1) is 19.1. The molecule has 0 atom stereocenters. The van der Waals surface area contributed by atoms with Gasteiger partial charge < -0.3 is 25.8 Å². The highest BCUT2D eigenvalue weighted by Gasteiger charge is 2.16. The molecule has 0 saturated heterocycles. The van der Waals surface area contributed by atoms with Gasteiger partial charge in [-0.1, -0.05) is 12.1 Å². The second-order valence-corrected chi connectivity index (χ2v) is 7.42. The van der Waals surface area contributed by atoms with Crippen LogP contribution in [0.1, 0.15) is 11.1 Å². The van der Waals surface area contributed by atoms with E-state index in [1.165, 1.54) is 11.1 Å². The van der Waals surface area contributed by atoms with Gasteiger partial charge in [-0.25, -0.2) is 9.67 Å². The average Bonchev–Trinajstić information content (AvgIpc) is 3.10. The first-order valence-corrected chi connectivity index (χ1v) is 10.0. The fourth-order valence-electron chi connectivity index (χ4n) is 3.81. The summed E-state index contributed by atoms with van der Waals surface area (Å²) in [5.41, 5.74) is 4.72. The molecule has 0 spiro atoms. The number of aryl methyl sites for hydroxylation is 1. The van der Waals surface area contributed by atoms with Crippen molar-refractivity contribution in [3.63, 3.8) is 0 Å². The lowest BCUT2D eigenvalue weighted by atomic mass is 10.0. The van der Waals surface area contributed by atoms with Gasteiger partial charge in [-0.05, 0) is 48.4 Å². The zero-order valence-electron chi connectivity index (χ0n) is 17.3. The quantitative estimate of drug-likeness (QED) is 0.367. The number of ether oxygens (including phenoxy) is 1. The largest absolute Gasteiger partial charge is 0.506 e.